The summed E-state index contributed by atoms with van der Waals surface area (Å²) in [7, 11) is 2.11. The van der Waals surface area contributed by atoms with Crippen molar-refractivity contribution in [1.82, 2.24) is 15.1 Å². The van der Waals surface area contributed by atoms with Gasteiger partial charge in [-0.1, -0.05) is 0 Å². The quantitative estimate of drug-likeness (QED) is 0.827. The third-order valence-electron chi connectivity index (χ3n) is 4.11. The van der Waals surface area contributed by atoms with Gasteiger partial charge in [0, 0.05) is 25.8 Å². The van der Waals surface area contributed by atoms with E-state index in [0.717, 1.165) is 38.9 Å². The van der Waals surface area contributed by atoms with Crippen molar-refractivity contribution >= 4 is 0 Å². The van der Waals surface area contributed by atoms with Crippen LogP contribution in [0, 0.1) is 6.92 Å². The van der Waals surface area contributed by atoms with E-state index in [1.54, 1.807) is 0 Å². The molecule has 106 valence electrons. The molecule has 0 amide bonds. The first-order chi connectivity index (χ1) is 9.17. The molecule has 1 saturated carbocycles. The van der Waals surface area contributed by atoms with Crippen LogP contribution in [0.1, 0.15) is 37.5 Å². The molecule has 3 rings (SSSR count). The lowest BCUT2D eigenvalue weighted by atomic mass is 9.89. The average Bonchev–Trinajstić information content (AvgIpc) is 3.00. The predicted octanol–water partition coefficient (Wildman–Crippen LogP) is 1.50. The number of aromatic nitrogens is 2. The molecule has 0 N–H and O–H groups in total. The van der Waals surface area contributed by atoms with Gasteiger partial charge in [0.05, 0.1) is 19.8 Å². The van der Waals surface area contributed by atoms with E-state index in [9.17, 15) is 0 Å². The third-order valence-corrected chi connectivity index (χ3v) is 4.11. The Bertz CT molecular complexity index is 419. The van der Waals surface area contributed by atoms with Crippen molar-refractivity contribution in [3.63, 3.8) is 0 Å². The Balaban J connectivity index is 1.53. The van der Waals surface area contributed by atoms with Gasteiger partial charge >= 0.3 is 0 Å². The van der Waals surface area contributed by atoms with Crippen LogP contribution in [-0.2, 0) is 16.0 Å². The maximum absolute atomic E-state index is 5.75. The van der Waals surface area contributed by atoms with Gasteiger partial charge in [0.15, 0.2) is 5.79 Å². The number of aryl methyl sites for hydroxylation is 1. The molecule has 2 fully saturated rings. The van der Waals surface area contributed by atoms with E-state index in [1.165, 1.54) is 0 Å². The first kappa shape index (κ1) is 13.0. The first-order valence-electron chi connectivity index (χ1n) is 6.94. The molecule has 1 aromatic rings. The maximum atomic E-state index is 5.75. The molecule has 1 aliphatic heterocycles. The summed E-state index contributed by atoms with van der Waals surface area (Å²) in [5, 5.41) is 7.90. The highest BCUT2D eigenvalue weighted by Gasteiger charge is 2.41. The molecular formula is C13H21N3O3. The summed E-state index contributed by atoms with van der Waals surface area (Å²) in [5.41, 5.74) is 0. The molecule has 2 heterocycles. The maximum Gasteiger partial charge on any atom is 0.230 e. The number of hydrogen-bond donors (Lipinski definition) is 0. The number of hydrogen-bond acceptors (Lipinski definition) is 6. The average molecular weight is 267 g/mol. The van der Waals surface area contributed by atoms with Gasteiger partial charge in [-0.2, -0.15) is 0 Å². The standard InChI is InChI=1S/C13H21N3O3/c1-10-14-15-12(19-10)9-16(2)11-3-5-13(6-4-11)17-7-8-18-13/h11H,3-9H2,1-2H3. The predicted molar refractivity (Wildman–Crippen MR) is 67.4 cm³/mol. The lowest BCUT2D eigenvalue weighted by molar-refractivity contribution is -0.183. The fraction of sp³-hybridized carbons (Fsp3) is 0.846. The molecular weight excluding hydrogens is 246 g/mol. The van der Waals surface area contributed by atoms with Gasteiger partial charge < -0.3 is 13.9 Å². The van der Waals surface area contributed by atoms with Crippen LogP contribution in [0.2, 0.25) is 0 Å². The van der Waals surface area contributed by atoms with Gasteiger partial charge in [-0.05, 0) is 19.9 Å². The molecule has 1 aromatic heterocycles. The van der Waals surface area contributed by atoms with Crippen LogP contribution in [0.4, 0.5) is 0 Å². The van der Waals surface area contributed by atoms with E-state index in [4.69, 9.17) is 13.9 Å². The summed E-state index contributed by atoms with van der Waals surface area (Å²) in [5.74, 6) is 1.03. The molecule has 0 bridgehead atoms. The minimum absolute atomic E-state index is 0.279. The monoisotopic (exact) mass is 267 g/mol. The second kappa shape index (κ2) is 5.19. The SMILES string of the molecule is Cc1nnc(CN(C)C2CCC3(CC2)OCCO3)o1. The molecule has 0 radical (unpaired) electrons. The van der Waals surface area contributed by atoms with Crippen LogP contribution < -0.4 is 0 Å². The Kier molecular flexibility index (Phi) is 3.56. The Morgan fingerprint density at radius 3 is 2.47 bits per heavy atom. The molecule has 1 saturated heterocycles. The van der Waals surface area contributed by atoms with E-state index in [-0.39, 0.29) is 5.79 Å². The van der Waals surface area contributed by atoms with Gasteiger partial charge in [-0.15, -0.1) is 10.2 Å². The zero-order chi connectivity index (χ0) is 13.3. The molecule has 2 aliphatic rings. The molecule has 0 aromatic carbocycles. The fourth-order valence-corrected chi connectivity index (χ4v) is 3.01. The largest absolute Gasteiger partial charge is 0.424 e. The second-order valence-corrected chi connectivity index (χ2v) is 5.47. The molecule has 1 spiro atoms. The van der Waals surface area contributed by atoms with Crippen molar-refractivity contribution in [3.05, 3.63) is 11.8 Å². The van der Waals surface area contributed by atoms with Gasteiger partial charge in [0.25, 0.3) is 0 Å². The van der Waals surface area contributed by atoms with Gasteiger partial charge in [-0.3, -0.25) is 4.90 Å². The third kappa shape index (κ3) is 2.80. The zero-order valence-electron chi connectivity index (χ0n) is 11.6. The van der Waals surface area contributed by atoms with Gasteiger partial charge in [0.2, 0.25) is 11.8 Å². The fourth-order valence-electron chi connectivity index (χ4n) is 3.01. The van der Waals surface area contributed by atoms with Crippen molar-refractivity contribution in [1.29, 1.82) is 0 Å². The van der Waals surface area contributed by atoms with E-state index >= 15 is 0 Å². The summed E-state index contributed by atoms with van der Waals surface area (Å²) in [6.07, 6.45) is 4.13. The van der Waals surface area contributed by atoms with Crippen LogP contribution in [0.15, 0.2) is 4.42 Å². The van der Waals surface area contributed by atoms with Crippen LogP contribution >= 0.6 is 0 Å². The number of rotatable bonds is 3. The van der Waals surface area contributed by atoms with Crippen LogP contribution in [0.25, 0.3) is 0 Å². The van der Waals surface area contributed by atoms with Crippen LogP contribution in [-0.4, -0.2) is 47.2 Å². The van der Waals surface area contributed by atoms with E-state index in [2.05, 4.69) is 22.1 Å². The van der Waals surface area contributed by atoms with Crippen molar-refractivity contribution in [2.75, 3.05) is 20.3 Å². The molecule has 0 atom stereocenters. The highest BCUT2D eigenvalue weighted by Crippen LogP contribution is 2.37. The van der Waals surface area contributed by atoms with Crippen molar-refractivity contribution in [2.45, 2.75) is 51.0 Å². The summed E-state index contributed by atoms with van der Waals surface area (Å²) in [6.45, 7) is 4.00. The minimum Gasteiger partial charge on any atom is -0.424 e. The second-order valence-electron chi connectivity index (χ2n) is 5.47. The topological polar surface area (TPSA) is 60.6 Å². The van der Waals surface area contributed by atoms with Gasteiger partial charge in [0.1, 0.15) is 0 Å². The number of nitrogens with zero attached hydrogens (tertiary/aromatic N) is 3. The Labute approximate surface area is 113 Å². The summed E-state index contributed by atoms with van der Waals surface area (Å²) < 4.78 is 16.9. The lowest BCUT2D eigenvalue weighted by Crippen LogP contribution is -2.42. The van der Waals surface area contributed by atoms with Crippen molar-refractivity contribution in [3.8, 4) is 0 Å². The molecule has 19 heavy (non-hydrogen) atoms. The van der Waals surface area contributed by atoms with Crippen LogP contribution in [0.5, 0.6) is 0 Å². The minimum atomic E-state index is -0.279. The molecule has 1 aliphatic carbocycles. The highest BCUT2D eigenvalue weighted by atomic mass is 16.7. The van der Waals surface area contributed by atoms with Gasteiger partial charge in [-0.25, -0.2) is 0 Å². The Morgan fingerprint density at radius 2 is 1.89 bits per heavy atom. The first-order valence-corrected chi connectivity index (χ1v) is 6.94. The molecule has 6 nitrogen and oxygen atoms in total. The Hall–Kier alpha value is -0.980. The normalized spacial score (nSPS) is 23.5. The zero-order valence-corrected chi connectivity index (χ0v) is 11.6. The van der Waals surface area contributed by atoms with E-state index in [0.29, 0.717) is 24.4 Å². The van der Waals surface area contributed by atoms with Crippen molar-refractivity contribution in [2.24, 2.45) is 0 Å². The molecule has 0 unspecified atom stereocenters. The van der Waals surface area contributed by atoms with E-state index < -0.39 is 0 Å². The Morgan fingerprint density at radius 1 is 1.21 bits per heavy atom. The number of ether oxygens (including phenoxy) is 2. The van der Waals surface area contributed by atoms with Crippen molar-refractivity contribution < 1.29 is 13.9 Å². The summed E-state index contributed by atoms with van der Waals surface area (Å²) in [4.78, 5) is 2.29. The lowest BCUT2D eigenvalue weighted by Gasteiger charge is -2.38. The summed E-state index contributed by atoms with van der Waals surface area (Å²) in [6, 6.07) is 0.533. The van der Waals surface area contributed by atoms with Crippen LogP contribution in [0.3, 0.4) is 0 Å². The summed E-state index contributed by atoms with van der Waals surface area (Å²) >= 11 is 0. The smallest absolute Gasteiger partial charge is 0.230 e. The van der Waals surface area contributed by atoms with E-state index in [1.807, 2.05) is 6.92 Å². The molecule has 6 heteroatoms. The highest BCUT2D eigenvalue weighted by molar-refractivity contribution is 4.87.